The van der Waals surface area contributed by atoms with E-state index < -0.39 is 6.23 Å². The maximum Gasteiger partial charge on any atom is 0.150 e. The number of hydrogen-bond acceptors (Lipinski definition) is 5. The number of nitrogens with two attached hydrogens (primary N) is 1. The summed E-state index contributed by atoms with van der Waals surface area (Å²) in [6.07, 6.45) is 1.26. The van der Waals surface area contributed by atoms with Gasteiger partial charge < -0.3 is 15.7 Å². The van der Waals surface area contributed by atoms with Crippen LogP contribution < -0.4 is 11.1 Å². The van der Waals surface area contributed by atoms with Crippen molar-refractivity contribution in [2.24, 2.45) is 0 Å². The summed E-state index contributed by atoms with van der Waals surface area (Å²) in [6, 6.07) is 10.0. The molecule has 3 rings (SSSR count). The quantitative estimate of drug-likeness (QED) is 0.744. The highest BCUT2D eigenvalue weighted by atomic mass is 16.3. The summed E-state index contributed by atoms with van der Waals surface area (Å²) < 4.78 is 1.68. The molecule has 0 amide bonds. The number of rotatable bonds is 4. The number of para-hydroxylation sites is 1. The molecule has 2 heterocycles. The first kappa shape index (κ1) is 16.0. The number of nitrogens with zero attached hydrogens (tertiary/aromatic N) is 3. The van der Waals surface area contributed by atoms with Gasteiger partial charge in [0.25, 0.3) is 0 Å². The number of hydrogen-bond donors (Lipinski definition) is 3. The minimum Gasteiger partial charge on any atom is -0.383 e. The molecule has 1 fully saturated rings. The molecule has 1 aromatic carbocycles. The van der Waals surface area contributed by atoms with Gasteiger partial charge >= 0.3 is 0 Å². The first-order chi connectivity index (χ1) is 11.1. The third kappa shape index (κ3) is 3.39. The summed E-state index contributed by atoms with van der Waals surface area (Å²) in [4.78, 5) is 2.30. The number of benzene rings is 1. The number of nitrogen functional groups attached to an aromatic ring is 1. The molecule has 0 saturated carbocycles. The molecule has 1 saturated heterocycles. The molecule has 6 nitrogen and oxygen atoms in total. The van der Waals surface area contributed by atoms with Crippen LogP contribution in [0.5, 0.6) is 0 Å². The molecular formula is C17H25N5O. The van der Waals surface area contributed by atoms with Gasteiger partial charge in [-0.1, -0.05) is 18.2 Å². The van der Waals surface area contributed by atoms with Crippen molar-refractivity contribution in [3.63, 3.8) is 0 Å². The molecule has 23 heavy (non-hydrogen) atoms. The average molecular weight is 315 g/mol. The molecule has 0 bridgehead atoms. The van der Waals surface area contributed by atoms with Gasteiger partial charge in [0.1, 0.15) is 11.5 Å². The van der Waals surface area contributed by atoms with Gasteiger partial charge in [0.2, 0.25) is 0 Å². The van der Waals surface area contributed by atoms with Gasteiger partial charge in [0, 0.05) is 11.6 Å². The van der Waals surface area contributed by atoms with E-state index in [0.717, 1.165) is 37.2 Å². The first-order valence-electron chi connectivity index (χ1n) is 8.09. The molecule has 124 valence electrons. The van der Waals surface area contributed by atoms with E-state index in [-0.39, 0.29) is 0 Å². The molecule has 4 N–H and O–H groups in total. The van der Waals surface area contributed by atoms with Crippen LogP contribution in [0.3, 0.4) is 0 Å². The molecule has 6 heteroatoms. The minimum absolute atomic E-state index is 0.309. The number of piperidine rings is 1. The summed E-state index contributed by atoms with van der Waals surface area (Å²) >= 11 is 0. The van der Waals surface area contributed by atoms with E-state index in [4.69, 9.17) is 5.73 Å². The Morgan fingerprint density at radius 1 is 1.26 bits per heavy atom. The Labute approximate surface area is 136 Å². The largest absolute Gasteiger partial charge is 0.383 e. The summed E-state index contributed by atoms with van der Waals surface area (Å²) in [5, 5.41) is 18.4. The molecule has 1 atom stereocenters. The lowest BCUT2D eigenvalue weighted by Crippen LogP contribution is -2.42. The fraction of sp³-hybridized carbons (Fsp3) is 0.471. The second-order valence-electron chi connectivity index (χ2n) is 6.29. The average Bonchev–Trinajstić information content (AvgIpc) is 2.86. The van der Waals surface area contributed by atoms with E-state index in [1.54, 1.807) is 4.68 Å². The molecule has 0 spiro atoms. The summed E-state index contributed by atoms with van der Waals surface area (Å²) in [5.74, 6) is 0.565. The first-order valence-corrected chi connectivity index (χ1v) is 8.09. The number of likely N-dealkylation sites (tertiary alicyclic amines) is 1. The van der Waals surface area contributed by atoms with Crippen molar-refractivity contribution in [2.45, 2.75) is 32.0 Å². The monoisotopic (exact) mass is 315 g/mol. The Kier molecular flexibility index (Phi) is 4.66. The molecule has 1 aromatic heterocycles. The number of nitrogens with one attached hydrogen (secondary N) is 1. The molecule has 0 radical (unpaired) electrons. The maximum absolute atomic E-state index is 10.5. The number of anilines is 1. The molecule has 2 aromatic rings. The van der Waals surface area contributed by atoms with E-state index in [0.29, 0.717) is 17.6 Å². The van der Waals surface area contributed by atoms with Crippen LogP contribution in [0.15, 0.2) is 30.3 Å². The molecule has 1 unspecified atom stereocenters. The van der Waals surface area contributed by atoms with Gasteiger partial charge in [-0.2, -0.15) is 5.10 Å². The van der Waals surface area contributed by atoms with Gasteiger partial charge in [-0.3, -0.25) is 5.32 Å². The van der Waals surface area contributed by atoms with E-state index >= 15 is 0 Å². The zero-order valence-electron chi connectivity index (χ0n) is 13.7. The van der Waals surface area contributed by atoms with Crippen LogP contribution in [0.1, 0.15) is 30.3 Å². The smallest absolute Gasteiger partial charge is 0.150 e. The molecule has 1 aliphatic rings. The molecule has 0 aliphatic carbocycles. The van der Waals surface area contributed by atoms with Gasteiger partial charge in [0.15, 0.2) is 6.23 Å². The van der Waals surface area contributed by atoms with Gasteiger partial charge in [-0.05, 0) is 52.0 Å². The van der Waals surface area contributed by atoms with E-state index in [1.165, 1.54) is 0 Å². The number of aromatic nitrogens is 2. The predicted octanol–water partition coefficient (Wildman–Crippen LogP) is 1.44. The number of aliphatic hydroxyl groups is 1. The third-order valence-electron chi connectivity index (χ3n) is 4.58. The Morgan fingerprint density at radius 3 is 2.57 bits per heavy atom. The van der Waals surface area contributed by atoms with Crippen LogP contribution in [-0.4, -0.2) is 46.0 Å². The summed E-state index contributed by atoms with van der Waals surface area (Å²) in [6.45, 7) is 3.99. The standard InChI is InChI=1S/C17H25N5O/c1-12-15(17(23)19-13-8-10-21(2)11-9-13)20-22(16(12)18)14-6-4-3-5-7-14/h3-7,13,17,19,23H,8-11,18H2,1-2H3. The van der Waals surface area contributed by atoms with Crippen LogP contribution in [0.2, 0.25) is 0 Å². The Bertz CT molecular complexity index is 647. The highest BCUT2D eigenvalue weighted by Gasteiger charge is 2.24. The van der Waals surface area contributed by atoms with Crippen LogP contribution in [0.25, 0.3) is 5.69 Å². The van der Waals surface area contributed by atoms with Crippen molar-refractivity contribution in [1.82, 2.24) is 20.0 Å². The lowest BCUT2D eigenvalue weighted by atomic mass is 10.1. The van der Waals surface area contributed by atoms with E-state index in [1.807, 2.05) is 37.3 Å². The maximum atomic E-state index is 10.5. The van der Waals surface area contributed by atoms with Crippen LogP contribution in [-0.2, 0) is 0 Å². The Morgan fingerprint density at radius 2 is 1.91 bits per heavy atom. The fourth-order valence-corrected chi connectivity index (χ4v) is 3.03. The van der Waals surface area contributed by atoms with Crippen molar-refractivity contribution in [3.05, 3.63) is 41.6 Å². The number of aliphatic hydroxyl groups excluding tert-OH is 1. The van der Waals surface area contributed by atoms with E-state index in [9.17, 15) is 5.11 Å². The van der Waals surface area contributed by atoms with Crippen molar-refractivity contribution in [3.8, 4) is 5.69 Å². The van der Waals surface area contributed by atoms with Gasteiger partial charge in [0.05, 0.1) is 5.69 Å². The zero-order chi connectivity index (χ0) is 16.4. The highest BCUT2D eigenvalue weighted by molar-refractivity contribution is 5.49. The second-order valence-corrected chi connectivity index (χ2v) is 6.29. The highest BCUT2D eigenvalue weighted by Crippen LogP contribution is 2.24. The second kappa shape index (κ2) is 6.70. The Hall–Kier alpha value is -1.89. The summed E-state index contributed by atoms with van der Waals surface area (Å²) in [5.41, 5.74) is 8.50. The zero-order valence-corrected chi connectivity index (χ0v) is 13.7. The summed E-state index contributed by atoms with van der Waals surface area (Å²) in [7, 11) is 2.12. The predicted molar refractivity (Wildman–Crippen MR) is 91.3 cm³/mol. The van der Waals surface area contributed by atoms with Gasteiger partial charge in [-0.15, -0.1) is 0 Å². The van der Waals surface area contributed by atoms with Gasteiger partial charge in [-0.25, -0.2) is 4.68 Å². The van der Waals surface area contributed by atoms with Crippen LogP contribution >= 0.6 is 0 Å². The van der Waals surface area contributed by atoms with Crippen LogP contribution in [0.4, 0.5) is 5.82 Å². The fourth-order valence-electron chi connectivity index (χ4n) is 3.03. The van der Waals surface area contributed by atoms with E-state index in [2.05, 4.69) is 22.4 Å². The lowest BCUT2D eigenvalue weighted by Gasteiger charge is -2.30. The molecular weight excluding hydrogens is 290 g/mol. The van der Waals surface area contributed by atoms with Crippen molar-refractivity contribution in [2.75, 3.05) is 25.9 Å². The SMILES string of the molecule is Cc1c(C(O)NC2CCN(C)CC2)nn(-c2ccccc2)c1N. The normalized spacial score (nSPS) is 18.2. The third-order valence-corrected chi connectivity index (χ3v) is 4.58. The lowest BCUT2D eigenvalue weighted by molar-refractivity contribution is 0.0993. The topological polar surface area (TPSA) is 79.3 Å². The molecule has 1 aliphatic heterocycles. The van der Waals surface area contributed by atoms with Crippen LogP contribution in [0, 0.1) is 6.92 Å². The van der Waals surface area contributed by atoms with Crippen molar-refractivity contribution >= 4 is 5.82 Å². The van der Waals surface area contributed by atoms with Crippen molar-refractivity contribution in [1.29, 1.82) is 0 Å². The minimum atomic E-state index is -0.796. The van der Waals surface area contributed by atoms with Crippen molar-refractivity contribution < 1.29 is 5.11 Å². The Balaban J connectivity index is 1.77.